The fraction of sp³-hybridized carbons (Fsp3) is 0.923. The van der Waals surface area contributed by atoms with Crippen molar-refractivity contribution in [1.29, 1.82) is 0 Å². The molecule has 1 aliphatic heterocycles. The highest BCUT2D eigenvalue weighted by Crippen LogP contribution is 2.36. The maximum atomic E-state index is 11.7. The summed E-state index contributed by atoms with van der Waals surface area (Å²) in [6.07, 6.45) is 3.17. The fourth-order valence-electron chi connectivity index (χ4n) is 1.97. The molecule has 2 N–H and O–H groups in total. The molecule has 0 bridgehead atoms. The third-order valence-electron chi connectivity index (χ3n) is 3.65. The van der Waals surface area contributed by atoms with Crippen LogP contribution < -0.4 is 5.32 Å². The molecule has 0 atom stereocenters. The number of aliphatic hydroxyl groups is 1. The van der Waals surface area contributed by atoms with Crippen LogP contribution in [0.1, 0.15) is 46.5 Å². The number of rotatable bonds is 2. The van der Waals surface area contributed by atoms with Crippen LogP contribution in [0.15, 0.2) is 0 Å². The summed E-state index contributed by atoms with van der Waals surface area (Å²) in [5.41, 5.74) is -1.16. The number of hydrogen-bond donors (Lipinski definition) is 2. The Bertz CT molecular complexity index is 267. The van der Waals surface area contributed by atoms with Gasteiger partial charge in [-0.2, -0.15) is 0 Å². The molecule has 2 fully saturated rings. The van der Waals surface area contributed by atoms with E-state index in [1.54, 1.807) is 0 Å². The van der Waals surface area contributed by atoms with Crippen LogP contribution in [0, 0.1) is 0 Å². The Balaban J connectivity index is 0.000000686. The zero-order chi connectivity index (χ0) is 13.1. The summed E-state index contributed by atoms with van der Waals surface area (Å²) in [6, 6.07) is 0. The number of hydrogen-bond acceptors (Lipinski definition) is 3. The number of piperidine rings is 1. The smallest absolute Gasteiger partial charge is 0.252 e. The molecule has 0 spiro atoms. The largest absolute Gasteiger partial charge is 0.380 e. The lowest BCUT2D eigenvalue weighted by atomic mass is 9.89. The topological polar surface area (TPSA) is 52.6 Å². The van der Waals surface area contributed by atoms with E-state index in [4.69, 9.17) is 0 Å². The predicted molar refractivity (Wildman–Crippen MR) is 68.8 cm³/mol. The quantitative estimate of drug-likeness (QED) is 0.763. The number of amides is 1. The molecule has 1 aliphatic carbocycles. The number of carbonyl (C=O) groups excluding carboxylic acids is 1. The molecule has 100 valence electrons. The van der Waals surface area contributed by atoms with Gasteiger partial charge in [0.25, 0.3) is 5.91 Å². The van der Waals surface area contributed by atoms with Crippen LogP contribution in [0.4, 0.5) is 0 Å². The second-order valence-corrected chi connectivity index (χ2v) is 5.35. The summed E-state index contributed by atoms with van der Waals surface area (Å²) in [6.45, 7) is 8.09. The van der Waals surface area contributed by atoms with Crippen molar-refractivity contribution < 1.29 is 9.90 Å². The lowest BCUT2D eigenvalue weighted by Gasteiger charge is -2.39. The van der Waals surface area contributed by atoms with E-state index < -0.39 is 5.60 Å². The van der Waals surface area contributed by atoms with Crippen molar-refractivity contribution in [1.82, 2.24) is 10.2 Å². The minimum absolute atomic E-state index is 0.123. The Hall–Kier alpha value is -0.610. The SMILES string of the molecule is CC.CN1CCC(C)(NC(=O)C2(O)CC2)CC1. The van der Waals surface area contributed by atoms with E-state index in [0.29, 0.717) is 12.8 Å². The number of likely N-dealkylation sites (tertiary alicyclic amines) is 1. The molecule has 4 heteroatoms. The summed E-state index contributed by atoms with van der Waals surface area (Å²) >= 11 is 0. The zero-order valence-corrected chi connectivity index (χ0v) is 11.5. The van der Waals surface area contributed by atoms with E-state index in [-0.39, 0.29) is 11.4 Å². The van der Waals surface area contributed by atoms with Gasteiger partial charge in [-0.15, -0.1) is 0 Å². The van der Waals surface area contributed by atoms with Crippen molar-refractivity contribution >= 4 is 5.91 Å². The van der Waals surface area contributed by atoms with E-state index in [1.807, 2.05) is 13.8 Å². The van der Waals surface area contributed by atoms with Gasteiger partial charge >= 0.3 is 0 Å². The third-order valence-corrected chi connectivity index (χ3v) is 3.65. The van der Waals surface area contributed by atoms with E-state index in [0.717, 1.165) is 25.9 Å². The molecule has 1 heterocycles. The maximum Gasteiger partial charge on any atom is 0.252 e. The molecule has 0 aromatic rings. The predicted octanol–water partition coefficient (Wildman–Crippen LogP) is 1.14. The van der Waals surface area contributed by atoms with E-state index >= 15 is 0 Å². The van der Waals surface area contributed by atoms with Crippen molar-refractivity contribution in [2.24, 2.45) is 0 Å². The average molecular weight is 242 g/mol. The van der Waals surface area contributed by atoms with Gasteiger partial charge in [-0.25, -0.2) is 0 Å². The summed E-state index contributed by atoms with van der Waals surface area (Å²) in [5, 5.41) is 12.7. The van der Waals surface area contributed by atoms with Gasteiger partial charge < -0.3 is 15.3 Å². The highest BCUT2D eigenvalue weighted by molar-refractivity contribution is 5.88. The van der Waals surface area contributed by atoms with Crippen molar-refractivity contribution in [2.75, 3.05) is 20.1 Å². The second-order valence-electron chi connectivity index (χ2n) is 5.35. The van der Waals surface area contributed by atoms with Crippen molar-refractivity contribution in [2.45, 2.75) is 57.6 Å². The van der Waals surface area contributed by atoms with E-state index in [1.165, 1.54) is 0 Å². The molecule has 0 aromatic heterocycles. The molecule has 17 heavy (non-hydrogen) atoms. The van der Waals surface area contributed by atoms with Crippen LogP contribution in [0.5, 0.6) is 0 Å². The molecular weight excluding hydrogens is 216 g/mol. The highest BCUT2D eigenvalue weighted by atomic mass is 16.3. The third kappa shape index (κ3) is 3.68. The summed E-state index contributed by atoms with van der Waals surface area (Å²) in [4.78, 5) is 14.0. The lowest BCUT2D eigenvalue weighted by Crippen LogP contribution is -2.55. The average Bonchev–Trinajstić information content (AvgIpc) is 3.06. The van der Waals surface area contributed by atoms with Crippen LogP contribution in [-0.4, -0.2) is 47.2 Å². The molecule has 0 radical (unpaired) electrons. The van der Waals surface area contributed by atoms with Gasteiger partial charge in [0.15, 0.2) is 0 Å². The molecule has 4 nitrogen and oxygen atoms in total. The van der Waals surface area contributed by atoms with Gasteiger partial charge in [0.1, 0.15) is 5.60 Å². The van der Waals surface area contributed by atoms with Crippen molar-refractivity contribution in [3.8, 4) is 0 Å². The van der Waals surface area contributed by atoms with Gasteiger partial charge in [-0.3, -0.25) is 4.79 Å². The first-order valence-electron chi connectivity index (χ1n) is 6.67. The van der Waals surface area contributed by atoms with Crippen LogP contribution in [0.2, 0.25) is 0 Å². The monoisotopic (exact) mass is 242 g/mol. The summed E-state index contributed by atoms with van der Waals surface area (Å²) in [7, 11) is 2.09. The molecule has 0 aromatic carbocycles. The zero-order valence-electron chi connectivity index (χ0n) is 11.5. The van der Waals surface area contributed by atoms with Crippen LogP contribution in [0.25, 0.3) is 0 Å². The molecule has 1 amide bonds. The highest BCUT2D eigenvalue weighted by Gasteiger charge is 2.49. The number of nitrogens with zero attached hydrogens (tertiary/aromatic N) is 1. The van der Waals surface area contributed by atoms with Crippen molar-refractivity contribution in [3.63, 3.8) is 0 Å². The normalized spacial score (nSPS) is 25.5. The number of nitrogens with one attached hydrogen (secondary N) is 1. The van der Waals surface area contributed by atoms with Gasteiger partial charge in [0.2, 0.25) is 0 Å². The Morgan fingerprint density at radius 2 is 1.65 bits per heavy atom. The molecule has 1 saturated carbocycles. The lowest BCUT2D eigenvalue weighted by molar-refractivity contribution is -0.133. The minimum Gasteiger partial charge on any atom is -0.380 e. The van der Waals surface area contributed by atoms with Crippen LogP contribution in [-0.2, 0) is 4.79 Å². The Labute approximate surface area is 104 Å². The Kier molecular flexibility index (Phi) is 4.55. The number of carbonyl (C=O) groups is 1. The maximum absolute atomic E-state index is 11.7. The van der Waals surface area contributed by atoms with Gasteiger partial charge in [-0.05, 0) is 39.7 Å². The first-order chi connectivity index (χ1) is 7.94. The Morgan fingerprint density at radius 1 is 1.18 bits per heavy atom. The van der Waals surface area contributed by atoms with Crippen LogP contribution in [0.3, 0.4) is 0 Å². The Morgan fingerprint density at radius 3 is 2.06 bits per heavy atom. The van der Waals surface area contributed by atoms with E-state index in [9.17, 15) is 9.90 Å². The summed E-state index contributed by atoms with van der Waals surface area (Å²) in [5.74, 6) is -0.172. The van der Waals surface area contributed by atoms with Crippen molar-refractivity contribution in [3.05, 3.63) is 0 Å². The first-order valence-corrected chi connectivity index (χ1v) is 6.67. The molecular formula is C13H26N2O2. The second kappa shape index (κ2) is 5.36. The van der Waals surface area contributed by atoms with Gasteiger partial charge in [0.05, 0.1) is 0 Å². The molecule has 2 aliphatic rings. The van der Waals surface area contributed by atoms with Crippen LogP contribution >= 0.6 is 0 Å². The minimum atomic E-state index is -1.04. The van der Waals surface area contributed by atoms with Gasteiger partial charge in [0, 0.05) is 18.6 Å². The molecule has 0 unspecified atom stereocenters. The standard InChI is InChI=1S/C11H20N2O2.C2H6/c1-10(5-7-13(2)8-6-10)12-9(14)11(15)3-4-11;1-2/h15H,3-8H2,1-2H3,(H,12,14);1-2H3. The van der Waals surface area contributed by atoms with Gasteiger partial charge in [-0.1, -0.05) is 13.8 Å². The fourth-order valence-corrected chi connectivity index (χ4v) is 1.97. The molecule has 1 saturated heterocycles. The summed E-state index contributed by atoms with van der Waals surface area (Å²) < 4.78 is 0. The van der Waals surface area contributed by atoms with E-state index in [2.05, 4.69) is 24.2 Å². The molecule has 2 rings (SSSR count). The first kappa shape index (κ1) is 14.5.